The van der Waals surface area contributed by atoms with E-state index in [2.05, 4.69) is 191 Å². The minimum absolute atomic E-state index is 0.724. The van der Waals surface area contributed by atoms with Crippen LogP contribution in [0.2, 0.25) is 0 Å². The minimum Gasteiger partial charge on any atom is -0.336 e. The van der Waals surface area contributed by atoms with E-state index in [0.29, 0.717) is 0 Å². The Morgan fingerprint density at radius 1 is 0.426 bits per heavy atom. The summed E-state index contributed by atoms with van der Waals surface area (Å²) >= 11 is 0. The van der Waals surface area contributed by atoms with Crippen LogP contribution >= 0.6 is 0 Å². The summed E-state index contributed by atoms with van der Waals surface area (Å²) < 4.78 is 2.40. The first-order valence-corrected chi connectivity index (χ1v) is 16.2. The lowest BCUT2D eigenvalue weighted by molar-refractivity contribution is 0.984. The molecule has 0 atom stereocenters. The number of anilines is 2. The molecule has 2 nitrogen and oxygen atoms in total. The number of hydrogen-bond acceptors (Lipinski definition) is 1. The van der Waals surface area contributed by atoms with E-state index in [-0.39, 0.29) is 0 Å². The van der Waals surface area contributed by atoms with Gasteiger partial charge in [-0.05, 0) is 75.3 Å². The van der Waals surface area contributed by atoms with Crippen LogP contribution in [0.5, 0.6) is 0 Å². The smallest absolute Gasteiger partial charge is 0.0547 e. The van der Waals surface area contributed by atoms with E-state index < -0.39 is 0 Å². The van der Waals surface area contributed by atoms with Crippen molar-refractivity contribution in [3.05, 3.63) is 188 Å². The molecule has 9 aromatic rings. The lowest BCUT2D eigenvalue weighted by atomic mass is 9.97. The fourth-order valence-corrected chi connectivity index (χ4v) is 7.21. The molecule has 222 valence electrons. The molecule has 0 radical (unpaired) electrons. The molecule has 1 heterocycles. The summed E-state index contributed by atoms with van der Waals surface area (Å²) in [6.45, 7) is 0.724. The van der Waals surface area contributed by atoms with Crippen molar-refractivity contribution in [2.24, 2.45) is 0 Å². The van der Waals surface area contributed by atoms with Crippen LogP contribution in [0.3, 0.4) is 0 Å². The second-order valence-corrected chi connectivity index (χ2v) is 12.2. The Morgan fingerprint density at radius 2 is 1.11 bits per heavy atom. The van der Waals surface area contributed by atoms with Crippen molar-refractivity contribution in [3.8, 4) is 16.8 Å². The van der Waals surface area contributed by atoms with Crippen molar-refractivity contribution < 1.29 is 0 Å². The predicted octanol–water partition coefficient (Wildman–Crippen LogP) is 12.1. The van der Waals surface area contributed by atoms with Gasteiger partial charge in [0.05, 0.1) is 11.0 Å². The molecule has 0 aliphatic rings. The average molecular weight is 601 g/mol. The number of benzene rings is 8. The first kappa shape index (κ1) is 27.2. The number of nitrogens with zero attached hydrogens (tertiary/aromatic N) is 2. The van der Waals surface area contributed by atoms with Crippen LogP contribution in [-0.2, 0) is 6.54 Å². The number of para-hydroxylation sites is 2. The normalized spacial score (nSPS) is 11.5. The second kappa shape index (κ2) is 11.3. The maximum Gasteiger partial charge on any atom is 0.0547 e. The monoisotopic (exact) mass is 600 g/mol. The van der Waals surface area contributed by atoms with E-state index in [4.69, 9.17) is 0 Å². The highest BCUT2D eigenvalue weighted by molar-refractivity contribution is 6.10. The Hall–Kier alpha value is -6.12. The molecule has 0 unspecified atom stereocenters. The van der Waals surface area contributed by atoms with Crippen LogP contribution < -0.4 is 4.90 Å². The molecule has 0 fully saturated rings. The molecule has 0 spiro atoms. The molecule has 0 aliphatic carbocycles. The molecule has 1 aromatic heterocycles. The summed E-state index contributed by atoms with van der Waals surface area (Å²) in [7, 11) is 0. The Kier molecular flexibility index (Phi) is 6.57. The van der Waals surface area contributed by atoms with Crippen LogP contribution in [0, 0.1) is 0 Å². The molecular formula is C45H32N2. The van der Waals surface area contributed by atoms with E-state index in [1.54, 1.807) is 0 Å². The third kappa shape index (κ3) is 4.74. The summed E-state index contributed by atoms with van der Waals surface area (Å²) in [5, 5.41) is 7.50. The maximum atomic E-state index is 2.48. The highest BCUT2D eigenvalue weighted by Crippen LogP contribution is 2.39. The first-order chi connectivity index (χ1) is 23.3. The van der Waals surface area contributed by atoms with Gasteiger partial charge >= 0.3 is 0 Å². The number of fused-ring (bicyclic) bond motifs is 5. The van der Waals surface area contributed by atoms with Gasteiger partial charge in [0.2, 0.25) is 0 Å². The van der Waals surface area contributed by atoms with E-state index >= 15 is 0 Å². The van der Waals surface area contributed by atoms with E-state index in [1.807, 2.05) is 0 Å². The van der Waals surface area contributed by atoms with Crippen LogP contribution in [0.25, 0.3) is 60.2 Å². The van der Waals surface area contributed by atoms with Gasteiger partial charge in [-0.15, -0.1) is 0 Å². The lowest BCUT2D eigenvalue weighted by Gasteiger charge is -2.28. The Labute approximate surface area is 274 Å². The summed E-state index contributed by atoms with van der Waals surface area (Å²) in [6.07, 6.45) is 0. The van der Waals surface area contributed by atoms with Crippen LogP contribution in [0.4, 0.5) is 11.4 Å². The zero-order chi connectivity index (χ0) is 31.2. The van der Waals surface area contributed by atoms with Crippen molar-refractivity contribution >= 4 is 54.7 Å². The molecule has 47 heavy (non-hydrogen) atoms. The molecule has 9 rings (SSSR count). The fourth-order valence-electron chi connectivity index (χ4n) is 7.21. The number of aromatic nitrogens is 1. The molecule has 0 saturated carbocycles. The Morgan fingerprint density at radius 3 is 2.00 bits per heavy atom. The third-order valence-electron chi connectivity index (χ3n) is 9.45. The Bertz CT molecular complexity index is 2550. The molecular weight excluding hydrogens is 569 g/mol. The maximum absolute atomic E-state index is 2.48. The quantitative estimate of drug-likeness (QED) is 0.184. The number of rotatable bonds is 6. The standard InChI is InChI=1S/C45H32N2/c1-2-18-37(19-3-1)47-44-23-11-10-22-41(44)42-28-26-35(30-45(42)47)39-20-8-7-16-36(39)31-46(38-27-25-32-13-4-5-15-34(32)29-38)43-24-12-17-33-14-6-9-21-40(33)43/h1-30H,31H2. The minimum atomic E-state index is 0.724. The van der Waals surface area contributed by atoms with Gasteiger partial charge in [0.25, 0.3) is 0 Å². The average Bonchev–Trinajstić information content (AvgIpc) is 3.47. The van der Waals surface area contributed by atoms with Crippen LogP contribution in [-0.4, -0.2) is 4.57 Å². The zero-order valence-electron chi connectivity index (χ0n) is 25.9. The predicted molar refractivity (Wildman–Crippen MR) is 200 cm³/mol. The summed E-state index contributed by atoms with van der Waals surface area (Å²) in [4.78, 5) is 2.48. The third-order valence-corrected chi connectivity index (χ3v) is 9.45. The highest BCUT2D eigenvalue weighted by atomic mass is 15.1. The van der Waals surface area contributed by atoms with Gasteiger partial charge in [-0.3, -0.25) is 0 Å². The number of hydrogen-bond donors (Lipinski definition) is 0. The highest BCUT2D eigenvalue weighted by Gasteiger charge is 2.18. The lowest BCUT2D eigenvalue weighted by Crippen LogP contribution is -2.17. The first-order valence-electron chi connectivity index (χ1n) is 16.2. The van der Waals surface area contributed by atoms with Gasteiger partial charge < -0.3 is 9.47 Å². The largest absolute Gasteiger partial charge is 0.336 e. The SMILES string of the molecule is c1ccc(-n2c3ccccc3c3ccc(-c4ccccc4CN(c4ccc5ccccc5c4)c4cccc5ccccc45)cc32)cc1. The molecule has 0 bridgehead atoms. The van der Waals surface area contributed by atoms with Crippen molar-refractivity contribution in [3.63, 3.8) is 0 Å². The van der Waals surface area contributed by atoms with E-state index in [0.717, 1.165) is 6.54 Å². The summed E-state index contributed by atoms with van der Waals surface area (Å²) in [6, 6.07) is 66.0. The van der Waals surface area contributed by atoms with Crippen molar-refractivity contribution in [2.45, 2.75) is 6.54 Å². The zero-order valence-corrected chi connectivity index (χ0v) is 25.9. The van der Waals surface area contributed by atoms with Crippen LogP contribution in [0.1, 0.15) is 5.56 Å². The topological polar surface area (TPSA) is 8.17 Å². The van der Waals surface area contributed by atoms with Gasteiger partial charge in [-0.2, -0.15) is 0 Å². The molecule has 0 saturated heterocycles. The van der Waals surface area contributed by atoms with Gasteiger partial charge in [0.15, 0.2) is 0 Å². The van der Waals surface area contributed by atoms with Crippen molar-refractivity contribution in [1.82, 2.24) is 4.57 Å². The fraction of sp³-hybridized carbons (Fsp3) is 0.0222. The molecule has 8 aromatic carbocycles. The molecule has 0 N–H and O–H groups in total. The Balaban J connectivity index is 1.22. The van der Waals surface area contributed by atoms with Crippen molar-refractivity contribution in [1.29, 1.82) is 0 Å². The van der Waals surface area contributed by atoms with E-state index in [9.17, 15) is 0 Å². The van der Waals surface area contributed by atoms with E-state index in [1.165, 1.54) is 77.1 Å². The van der Waals surface area contributed by atoms with Gasteiger partial charge in [0, 0.05) is 39.8 Å². The van der Waals surface area contributed by atoms with Gasteiger partial charge in [0.1, 0.15) is 0 Å². The summed E-state index contributed by atoms with van der Waals surface area (Å²) in [5.41, 5.74) is 9.71. The molecule has 0 amide bonds. The second-order valence-electron chi connectivity index (χ2n) is 12.2. The van der Waals surface area contributed by atoms with Crippen LogP contribution in [0.15, 0.2) is 182 Å². The molecule has 2 heteroatoms. The summed E-state index contributed by atoms with van der Waals surface area (Å²) in [5.74, 6) is 0. The van der Waals surface area contributed by atoms with Gasteiger partial charge in [-0.1, -0.05) is 140 Å². The van der Waals surface area contributed by atoms with Gasteiger partial charge in [-0.25, -0.2) is 0 Å². The molecule has 0 aliphatic heterocycles. The van der Waals surface area contributed by atoms with Crippen molar-refractivity contribution in [2.75, 3.05) is 4.90 Å².